The first-order chi connectivity index (χ1) is 14.9. The van der Waals surface area contributed by atoms with Gasteiger partial charge in [-0.1, -0.05) is 0 Å². The quantitative estimate of drug-likeness (QED) is 0.420. The van der Waals surface area contributed by atoms with Gasteiger partial charge in [0.2, 0.25) is 5.92 Å². The zero-order valence-electron chi connectivity index (χ0n) is 17.5. The first-order valence-corrected chi connectivity index (χ1v) is 9.71. The first kappa shape index (κ1) is 23.4. The molecule has 0 fully saturated rings. The molecule has 0 aliphatic carbocycles. The van der Waals surface area contributed by atoms with Crippen molar-refractivity contribution < 1.29 is 33.3 Å². The fraction of sp³-hybridized carbons (Fsp3) is 0.304. The molecule has 162 valence electrons. The molecule has 0 heterocycles. The molecule has 0 radical (unpaired) electrons. The molecule has 1 unspecified atom stereocenters. The molecular formula is C23H23NO7. The molecule has 2 aromatic rings. The number of carbonyl (C=O) groups is 3. The van der Waals surface area contributed by atoms with Crippen LogP contribution in [0.15, 0.2) is 48.5 Å². The topological polar surface area (TPSA) is 112 Å². The summed E-state index contributed by atoms with van der Waals surface area (Å²) in [4.78, 5) is 36.8. The van der Waals surface area contributed by atoms with E-state index in [1.807, 2.05) is 6.07 Å². The van der Waals surface area contributed by atoms with E-state index in [1.165, 1.54) is 6.92 Å². The van der Waals surface area contributed by atoms with Crippen LogP contribution in [-0.2, 0) is 23.9 Å². The molecule has 0 spiro atoms. The Morgan fingerprint density at radius 1 is 0.839 bits per heavy atom. The van der Waals surface area contributed by atoms with Gasteiger partial charge in [0, 0.05) is 0 Å². The van der Waals surface area contributed by atoms with Crippen LogP contribution in [0.2, 0.25) is 0 Å². The maximum absolute atomic E-state index is 12.7. The van der Waals surface area contributed by atoms with Gasteiger partial charge in [-0.3, -0.25) is 14.4 Å². The van der Waals surface area contributed by atoms with Gasteiger partial charge in [-0.15, -0.1) is 0 Å². The van der Waals surface area contributed by atoms with Gasteiger partial charge < -0.3 is 18.9 Å². The van der Waals surface area contributed by atoms with Crippen molar-refractivity contribution in [2.24, 2.45) is 5.92 Å². The van der Waals surface area contributed by atoms with Gasteiger partial charge in [0.25, 0.3) is 0 Å². The van der Waals surface area contributed by atoms with E-state index in [4.69, 9.17) is 24.2 Å². The lowest BCUT2D eigenvalue weighted by atomic mass is 10.0. The zero-order chi connectivity index (χ0) is 22.8. The van der Waals surface area contributed by atoms with Crippen LogP contribution in [0.3, 0.4) is 0 Å². The van der Waals surface area contributed by atoms with Crippen LogP contribution in [0.5, 0.6) is 17.2 Å². The van der Waals surface area contributed by atoms with E-state index in [1.54, 1.807) is 62.4 Å². The van der Waals surface area contributed by atoms with Crippen LogP contribution < -0.4 is 9.47 Å². The van der Waals surface area contributed by atoms with Crippen molar-refractivity contribution in [1.82, 2.24) is 0 Å². The average Bonchev–Trinajstić information content (AvgIpc) is 2.76. The highest BCUT2D eigenvalue weighted by Gasteiger charge is 2.40. The number of nitriles is 1. The Hall–Kier alpha value is -3.86. The van der Waals surface area contributed by atoms with Crippen LogP contribution in [-0.4, -0.2) is 37.0 Å². The zero-order valence-corrected chi connectivity index (χ0v) is 17.5. The number of ether oxygens (including phenoxy) is 4. The van der Waals surface area contributed by atoms with E-state index >= 15 is 0 Å². The van der Waals surface area contributed by atoms with E-state index in [-0.39, 0.29) is 13.2 Å². The van der Waals surface area contributed by atoms with Crippen LogP contribution in [0, 0.1) is 17.2 Å². The van der Waals surface area contributed by atoms with Gasteiger partial charge in [-0.25, -0.2) is 0 Å². The van der Waals surface area contributed by atoms with E-state index in [0.717, 1.165) is 0 Å². The molecular weight excluding hydrogens is 402 g/mol. The fourth-order valence-electron chi connectivity index (χ4n) is 2.60. The summed E-state index contributed by atoms with van der Waals surface area (Å²) < 4.78 is 20.9. The number of rotatable bonds is 10. The van der Waals surface area contributed by atoms with Crippen molar-refractivity contribution in [3.63, 3.8) is 0 Å². The molecule has 0 aliphatic rings. The van der Waals surface area contributed by atoms with E-state index in [2.05, 4.69) is 0 Å². The number of ketones is 1. The minimum absolute atomic E-state index is 0.0258. The lowest BCUT2D eigenvalue weighted by Gasteiger charge is -2.19. The number of nitrogens with zero attached hydrogens (tertiary/aromatic N) is 1. The molecule has 8 heteroatoms. The Labute approximate surface area is 180 Å². The minimum Gasteiger partial charge on any atom is -0.483 e. The van der Waals surface area contributed by atoms with Gasteiger partial charge in [0.15, 0.2) is 11.9 Å². The summed E-state index contributed by atoms with van der Waals surface area (Å²) in [6.45, 7) is 4.64. The maximum Gasteiger partial charge on any atom is 0.328 e. The molecule has 0 saturated heterocycles. The lowest BCUT2D eigenvalue weighted by Crippen LogP contribution is -2.41. The number of hydrogen-bond donors (Lipinski definition) is 0. The second-order valence-electron chi connectivity index (χ2n) is 6.31. The number of hydrogen-bond acceptors (Lipinski definition) is 8. The van der Waals surface area contributed by atoms with Crippen LogP contribution in [0.1, 0.15) is 26.3 Å². The summed E-state index contributed by atoms with van der Waals surface area (Å²) in [5.74, 6) is -2.96. The average molecular weight is 425 g/mol. The number of esters is 2. The molecule has 8 nitrogen and oxygen atoms in total. The minimum atomic E-state index is -1.70. The Bertz CT molecular complexity index is 927. The SMILES string of the molecule is CCOC(=O)C(C(=O)OCC)C(=O)C(C)Oc1ccc(Oc2ccc(C#N)cc2)cc1. The van der Waals surface area contributed by atoms with Crippen molar-refractivity contribution in [2.45, 2.75) is 26.9 Å². The third-order valence-corrected chi connectivity index (χ3v) is 4.09. The Balaban J connectivity index is 2.04. The summed E-state index contributed by atoms with van der Waals surface area (Å²) in [7, 11) is 0. The van der Waals surface area contributed by atoms with E-state index in [9.17, 15) is 14.4 Å². The number of Topliss-reactive ketones (excluding diaryl/α,β-unsaturated/α-hetero) is 1. The van der Waals surface area contributed by atoms with Crippen LogP contribution in [0.4, 0.5) is 0 Å². The second kappa shape index (κ2) is 11.4. The monoisotopic (exact) mass is 425 g/mol. The number of carbonyl (C=O) groups excluding carboxylic acids is 3. The summed E-state index contributed by atoms with van der Waals surface area (Å²) in [5.41, 5.74) is 0.527. The predicted molar refractivity (Wildman–Crippen MR) is 110 cm³/mol. The Kier molecular flexibility index (Phi) is 8.58. The molecule has 0 aliphatic heterocycles. The molecule has 0 saturated carbocycles. The molecule has 0 aromatic heterocycles. The van der Waals surface area contributed by atoms with Crippen molar-refractivity contribution in [3.8, 4) is 23.3 Å². The summed E-state index contributed by atoms with van der Waals surface area (Å²) >= 11 is 0. The second-order valence-corrected chi connectivity index (χ2v) is 6.31. The first-order valence-electron chi connectivity index (χ1n) is 9.71. The van der Waals surface area contributed by atoms with Crippen molar-refractivity contribution in [2.75, 3.05) is 13.2 Å². The highest BCUT2D eigenvalue weighted by Crippen LogP contribution is 2.25. The molecule has 2 aromatic carbocycles. The van der Waals surface area contributed by atoms with Crippen molar-refractivity contribution >= 4 is 17.7 Å². The van der Waals surface area contributed by atoms with Gasteiger partial charge >= 0.3 is 11.9 Å². The molecule has 0 N–H and O–H groups in total. The Morgan fingerprint density at radius 3 is 1.74 bits per heavy atom. The van der Waals surface area contributed by atoms with Crippen LogP contribution >= 0.6 is 0 Å². The van der Waals surface area contributed by atoms with Gasteiger partial charge in [0.1, 0.15) is 17.2 Å². The predicted octanol–water partition coefficient (Wildman–Crippen LogP) is 3.43. The summed E-state index contributed by atoms with van der Waals surface area (Å²) in [5, 5.41) is 8.83. The highest BCUT2D eigenvalue weighted by atomic mass is 16.6. The standard InChI is InChI=1S/C23H23NO7/c1-4-28-22(26)20(23(27)29-5-2)21(25)15(3)30-17-10-12-19(13-11-17)31-18-8-6-16(14-24)7-9-18/h6-13,15,20H,4-5H2,1-3H3. The third-order valence-electron chi connectivity index (χ3n) is 4.09. The normalized spacial score (nSPS) is 11.2. The number of benzene rings is 2. The van der Waals surface area contributed by atoms with E-state index in [0.29, 0.717) is 22.8 Å². The lowest BCUT2D eigenvalue weighted by molar-refractivity contribution is -0.165. The molecule has 2 rings (SSSR count). The Morgan fingerprint density at radius 2 is 1.29 bits per heavy atom. The largest absolute Gasteiger partial charge is 0.483 e. The molecule has 1 atom stereocenters. The summed E-state index contributed by atoms with van der Waals surface area (Å²) in [6, 6.07) is 15.1. The van der Waals surface area contributed by atoms with Gasteiger partial charge in [0.05, 0.1) is 24.8 Å². The van der Waals surface area contributed by atoms with Gasteiger partial charge in [-0.2, -0.15) is 5.26 Å². The van der Waals surface area contributed by atoms with Gasteiger partial charge in [-0.05, 0) is 69.3 Å². The molecule has 0 amide bonds. The molecule has 0 bridgehead atoms. The summed E-state index contributed by atoms with van der Waals surface area (Å²) in [6.07, 6.45) is -1.09. The third kappa shape index (κ3) is 6.57. The fourth-order valence-corrected chi connectivity index (χ4v) is 2.60. The van der Waals surface area contributed by atoms with Crippen LogP contribution in [0.25, 0.3) is 0 Å². The maximum atomic E-state index is 12.7. The van der Waals surface area contributed by atoms with E-state index < -0.39 is 29.7 Å². The smallest absolute Gasteiger partial charge is 0.328 e. The molecule has 31 heavy (non-hydrogen) atoms. The van der Waals surface area contributed by atoms with Crippen molar-refractivity contribution in [3.05, 3.63) is 54.1 Å². The highest BCUT2D eigenvalue weighted by molar-refractivity contribution is 6.16. The van der Waals surface area contributed by atoms with Crippen molar-refractivity contribution in [1.29, 1.82) is 5.26 Å².